The molecule has 0 saturated heterocycles. The minimum Gasteiger partial charge on any atom is -0.505 e. The molecule has 5 nitrogen and oxygen atoms in total. The van der Waals surface area contributed by atoms with Crippen LogP contribution in [0.1, 0.15) is 11.1 Å². The third-order valence-corrected chi connectivity index (χ3v) is 7.28. The summed E-state index contributed by atoms with van der Waals surface area (Å²) in [4.78, 5) is 25.6. The maximum absolute atomic E-state index is 13.8. The molecule has 37 heavy (non-hydrogen) atoms. The number of benzene rings is 3. The molecule has 0 aliphatic heterocycles. The number of rotatable bonds is 4. The molecule has 0 atom stereocenters. The van der Waals surface area contributed by atoms with E-state index >= 15 is 0 Å². The predicted octanol–water partition coefficient (Wildman–Crippen LogP) is 6.93. The van der Waals surface area contributed by atoms with Crippen molar-refractivity contribution in [3.63, 3.8) is 0 Å². The van der Waals surface area contributed by atoms with Gasteiger partial charge in [0, 0.05) is 14.8 Å². The highest BCUT2D eigenvalue weighted by atomic mass is 79.9. The Labute approximate surface area is 218 Å². The van der Waals surface area contributed by atoms with E-state index in [1.165, 1.54) is 34.9 Å². The number of aromatic hydroxyl groups is 1. The number of halogens is 5. The van der Waals surface area contributed by atoms with Crippen molar-refractivity contribution < 1.29 is 27.1 Å². The summed E-state index contributed by atoms with van der Waals surface area (Å²) in [6, 6.07) is 15.0. The molecule has 0 fully saturated rings. The Kier molecular flexibility index (Phi) is 6.36. The highest BCUT2D eigenvalue weighted by molar-refractivity contribution is 9.10. The Bertz CT molecular complexity index is 1810. The maximum atomic E-state index is 13.8. The molecule has 2 aromatic heterocycles. The van der Waals surface area contributed by atoms with Gasteiger partial charge in [-0.25, -0.2) is 9.18 Å². The first-order valence-corrected chi connectivity index (χ1v) is 12.3. The molecular weight excluding hydrogens is 578 g/mol. The lowest BCUT2D eigenvalue weighted by atomic mass is 10.1. The van der Waals surface area contributed by atoms with E-state index in [4.69, 9.17) is 4.42 Å². The van der Waals surface area contributed by atoms with E-state index in [1.807, 2.05) is 0 Å². The van der Waals surface area contributed by atoms with E-state index in [9.17, 15) is 32.3 Å². The number of pyridine rings is 1. The molecule has 11 heteroatoms. The van der Waals surface area contributed by atoms with Crippen LogP contribution in [-0.4, -0.2) is 9.67 Å². The first kappa shape index (κ1) is 25.1. The van der Waals surface area contributed by atoms with E-state index < -0.39 is 39.4 Å². The van der Waals surface area contributed by atoms with Gasteiger partial charge in [0.2, 0.25) is 0 Å². The second kappa shape index (κ2) is 9.38. The molecule has 2 heterocycles. The smallest absolute Gasteiger partial charge is 0.417 e. The van der Waals surface area contributed by atoms with Gasteiger partial charge in [-0.3, -0.25) is 4.79 Å². The molecule has 0 aliphatic rings. The summed E-state index contributed by atoms with van der Waals surface area (Å²) >= 11 is 3.68. The SMILES string of the molecule is O=c1oc2c(c(O)c1Sc1ccccc1C(F)(F)F)c(=O)n(Cc1cccc(F)c1)c1ccc(Br)cc21. The van der Waals surface area contributed by atoms with E-state index in [0.717, 1.165) is 12.1 Å². The lowest BCUT2D eigenvalue weighted by molar-refractivity contribution is -0.139. The van der Waals surface area contributed by atoms with Crippen LogP contribution in [0.5, 0.6) is 5.75 Å². The summed E-state index contributed by atoms with van der Waals surface area (Å²) in [5, 5.41) is 11.0. The average Bonchev–Trinajstić information content (AvgIpc) is 2.84. The lowest BCUT2D eigenvalue weighted by Crippen LogP contribution is -2.23. The van der Waals surface area contributed by atoms with Gasteiger partial charge in [0.1, 0.15) is 16.1 Å². The van der Waals surface area contributed by atoms with E-state index in [2.05, 4.69) is 15.9 Å². The van der Waals surface area contributed by atoms with Gasteiger partial charge in [0.25, 0.3) is 5.56 Å². The molecule has 0 saturated carbocycles. The van der Waals surface area contributed by atoms with Crippen molar-refractivity contribution in [3.8, 4) is 5.75 Å². The van der Waals surface area contributed by atoms with E-state index in [-0.39, 0.29) is 22.4 Å². The van der Waals surface area contributed by atoms with Gasteiger partial charge >= 0.3 is 11.8 Å². The summed E-state index contributed by atoms with van der Waals surface area (Å²) in [6.45, 7) is -0.0807. The zero-order chi connectivity index (χ0) is 26.5. The molecule has 0 bridgehead atoms. The van der Waals surface area contributed by atoms with Gasteiger partial charge < -0.3 is 14.1 Å². The van der Waals surface area contributed by atoms with Crippen molar-refractivity contribution >= 4 is 49.6 Å². The molecule has 3 aromatic carbocycles. The Morgan fingerprint density at radius 1 is 1.00 bits per heavy atom. The van der Waals surface area contributed by atoms with Crippen molar-refractivity contribution in [3.05, 3.63) is 109 Å². The fourth-order valence-corrected chi connectivity index (χ4v) is 5.38. The number of hydrogen-bond donors (Lipinski definition) is 1. The highest BCUT2D eigenvalue weighted by Crippen LogP contribution is 2.42. The van der Waals surface area contributed by atoms with Crippen molar-refractivity contribution in [1.29, 1.82) is 0 Å². The molecule has 5 rings (SSSR count). The van der Waals surface area contributed by atoms with Crippen molar-refractivity contribution in [1.82, 2.24) is 4.57 Å². The molecule has 0 spiro atoms. The van der Waals surface area contributed by atoms with Gasteiger partial charge in [-0.2, -0.15) is 13.2 Å². The third kappa shape index (κ3) is 4.64. The quantitative estimate of drug-likeness (QED) is 0.181. The first-order valence-electron chi connectivity index (χ1n) is 10.6. The summed E-state index contributed by atoms with van der Waals surface area (Å²) in [7, 11) is 0. The maximum Gasteiger partial charge on any atom is 0.417 e. The van der Waals surface area contributed by atoms with Crippen LogP contribution < -0.4 is 11.2 Å². The predicted molar refractivity (Wildman–Crippen MR) is 135 cm³/mol. The number of alkyl halides is 3. The van der Waals surface area contributed by atoms with Crippen molar-refractivity contribution in [2.45, 2.75) is 22.5 Å². The summed E-state index contributed by atoms with van der Waals surface area (Å²) in [5.74, 6) is -1.30. The molecule has 5 aromatic rings. The van der Waals surface area contributed by atoms with Gasteiger partial charge in [0.05, 0.1) is 17.6 Å². The Morgan fingerprint density at radius 2 is 1.76 bits per heavy atom. The Morgan fingerprint density at radius 3 is 2.49 bits per heavy atom. The van der Waals surface area contributed by atoms with E-state index in [1.54, 1.807) is 24.3 Å². The van der Waals surface area contributed by atoms with Crippen LogP contribution >= 0.6 is 27.7 Å². The van der Waals surface area contributed by atoms with Crippen LogP contribution in [0.15, 0.2) is 95.0 Å². The minimum absolute atomic E-state index is 0.0807. The molecule has 1 N–H and O–H groups in total. The van der Waals surface area contributed by atoms with Gasteiger partial charge in [-0.05, 0) is 48.0 Å². The van der Waals surface area contributed by atoms with Crippen LogP contribution in [0.4, 0.5) is 17.6 Å². The summed E-state index contributed by atoms with van der Waals surface area (Å²) < 4.78 is 61.6. The average molecular weight is 592 g/mol. The molecule has 0 aliphatic carbocycles. The second-order valence-corrected chi connectivity index (χ2v) is 10.0. The molecule has 0 radical (unpaired) electrons. The number of nitrogens with zero attached hydrogens (tertiary/aromatic N) is 1. The fraction of sp³-hybridized carbons (Fsp3) is 0.0769. The number of hydrogen-bond acceptors (Lipinski definition) is 5. The van der Waals surface area contributed by atoms with Gasteiger partial charge in [0.15, 0.2) is 11.3 Å². The fourth-order valence-electron chi connectivity index (χ4n) is 4.03. The van der Waals surface area contributed by atoms with Crippen molar-refractivity contribution in [2.75, 3.05) is 0 Å². The Balaban J connectivity index is 1.79. The van der Waals surface area contributed by atoms with Crippen molar-refractivity contribution in [2.24, 2.45) is 0 Å². The zero-order valence-electron chi connectivity index (χ0n) is 18.5. The first-order chi connectivity index (χ1) is 17.5. The summed E-state index contributed by atoms with van der Waals surface area (Å²) in [5.41, 5.74) is -2.29. The van der Waals surface area contributed by atoms with Crippen LogP contribution in [0.25, 0.3) is 21.9 Å². The largest absolute Gasteiger partial charge is 0.505 e. The topological polar surface area (TPSA) is 72.4 Å². The lowest BCUT2D eigenvalue weighted by Gasteiger charge is -2.15. The highest BCUT2D eigenvalue weighted by Gasteiger charge is 2.34. The molecular formula is C26H14BrF4NO4S. The second-order valence-electron chi connectivity index (χ2n) is 8.05. The monoisotopic (exact) mass is 591 g/mol. The van der Waals surface area contributed by atoms with Crippen LogP contribution in [0, 0.1) is 5.82 Å². The molecule has 0 unspecified atom stereocenters. The number of aromatic nitrogens is 1. The Hall–Kier alpha value is -3.57. The molecule has 0 amide bonds. The van der Waals surface area contributed by atoms with Gasteiger partial charge in [-0.1, -0.05) is 52.0 Å². The van der Waals surface area contributed by atoms with Crippen LogP contribution in [0.2, 0.25) is 0 Å². The minimum atomic E-state index is -4.71. The van der Waals surface area contributed by atoms with Crippen LogP contribution in [0.3, 0.4) is 0 Å². The third-order valence-electron chi connectivity index (χ3n) is 5.65. The number of fused-ring (bicyclic) bond motifs is 3. The standard InChI is InChI=1S/C26H14BrF4NO4S/c27-14-8-9-18-16(11-14)22-20(24(34)32(18)12-13-4-3-5-15(28)10-13)21(33)23(25(35)36-22)37-19-7-2-1-6-17(19)26(29,30)31/h1-11,33H,12H2. The van der Waals surface area contributed by atoms with Crippen LogP contribution in [-0.2, 0) is 12.7 Å². The van der Waals surface area contributed by atoms with E-state index in [0.29, 0.717) is 32.7 Å². The van der Waals surface area contributed by atoms with Gasteiger partial charge in [-0.15, -0.1) is 0 Å². The zero-order valence-corrected chi connectivity index (χ0v) is 20.9. The summed E-state index contributed by atoms with van der Waals surface area (Å²) in [6.07, 6.45) is -4.71. The molecule has 188 valence electrons. The normalized spacial score (nSPS) is 11.9.